The predicted molar refractivity (Wildman–Crippen MR) is 213 cm³/mol. The SMILES string of the molecule is Brc1ccc(N(c2ccc(-n3c4ccccc4c4ccccc43)cc2)c2ccc(-n3c4ccccc4c4ccccc43)cc2)c2ncccc12. The fraction of sp³-hybridized carbons (Fsp3) is 0. The molecule has 0 saturated heterocycles. The number of pyridine rings is 1. The standard InChI is InChI=1S/C45H29BrN4/c46-39-27-28-44(45-38(39)14-9-29-47-45)48(30-19-23-32(24-20-30)49-40-15-5-1-10-34(40)35-11-2-6-16-41(35)49)31-21-25-33(26-22-31)50-42-17-7-3-12-36(42)37-13-4-8-18-43(37)50/h1-29H. The summed E-state index contributed by atoms with van der Waals surface area (Å²) in [6, 6.07) is 60.7. The summed E-state index contributed by atoms with van der Waals surface area (Å²) in [6.45, 7) is 0. The minimum Gasteiger partial charge on any atom is -0.309 e. The largest absolute Gasteiger partial charge is 0.309 e. The molecule has 10 aromatic rings. The molecule has 0 amide bonds. The van der Waals surface area contributed by atoms with Crippen molar-refractivity contribution in [2.75, 3.05) is 4.90 Å². The normalized spacial score (nSPS) is 11.7. The summed E-state index contributed by atoms with van der Waals surface area (Å²) < 4.78 is 5.74. The Hall–Kier alpha value is -6.17. The van der Waals surface area contributed by atoms with Gasteiger partial charge in [0.15, 0.2) is 0 Å². The Morgan fingerprint density at radius 1 is 0.400 bits per heavy atom. The van der Waals surface area contributed by atoms with Crippen molar-refractivity contribution < 1.29 is 0 Å². The van der Waals surface area contributed by atoms with Gasteiger partial charge < -0.3 is 14.0 Å². The number of benzene rings is 7. The molecule has 3 aromatic heterocycles. The van der Waals surface area contributed by atoms with Crippen LogP contribution in [0.15, 0.2) is 181 Å². The van der Waals surface area contributed by atoms with Crippen molar-refractivity contribution in [3.63, 3.8) is 0 Å². The molecule has 7 aromatic carbocycles. The lowest BCUT2D eigenvalue weighted by Crippen LogP contribution is -2.11. The van der Waals surface area contributed by atoms with Gasteiger partial charge in [-0.15, -0.1) is 0 Å². The predicted octanol–water partition coefficient (Wildman–Crippen LogP) is 12.7. The van der Waals surface area contributed by atoms with Crippen LogP contribution >= 0.6 is 15.9 Å². The first-order valence-electron chi connectivity index (χ1n) is 16.8. The molecule has 236 valence electrons. The molecule has 50 heavy (non-hydrogen) atoms. The lowest BCUT2D eigenvalue weighted by molar-refractivity contribution is 1.17. The molecule has 0 N–H and O–H groups in total. The van der Waals surface area contributed by atoms with Gasteiger partial charge in [-0.3, -0.25) is 4.98 Å². The zero-order valence-corrected chi connectivity index (χ0v) is 28.5. The molecule has 10 rings (SSSR count). The Morgan fingerprint density at radius 3 is 1.24 bits per heavy atom. The number of halogens is 1. The molecular weight excluding hydrogens is 676 g/mol. The second-order valence-electron chi connectivity index (χ2n) is 12.6. The summed E-state index contributed by atoms with van der Waals surface area (Å²) >= 11 is 3.77. The third kappa shape index (κ3) is 4.40. The Balaban J connectivity index is 1.14. The van der Waals surface area contributed by atoms with Gasteiger partial charge in [-0.05, 0) is 91.0 Å². The fourth-order valence-corrected chi connectivity index (χ4v) is 8.09. The summed E-state index contributed by atoms with van der Waals surface area (Å²) in [5.74, 6) is 0. The van der Waals surface area contributed by atoms with E-state index in [2.05, 4.69) is 194 Å². The molecule has 5 heteroatoms. The van der Waals surface area contributed by atoms with Crippen LogP contribution in [0.4, 0.5) is 17.1 Å². The zero-order chi connectivity index (χ0) is 33.2. The van der Waals surface area contributed by atoms with Crippen LogP contribution in [0.25, 0.3) is 65.9 Å². The van der Waals surface area contributed by atoms with E-state index >= 15 is 0 Å². The van der Waals surface area contributed by atoms with Crippen LogP contribution < -0.4 is 4.90 Å². The molecule has 4 nitrogen and oxygen atoms in total. The van der Waals surface area contributed by atoms with Crippen molar-refractivity contribution in [2.24, 2.45) is 0 Å². The van der Waals surface area contributed by atoms with Crippen LogP contribution in [-0.4, -0.2) is 14.1 Å². The summed E-state index contributed by atoms with van der Waals surface area (Å²) in [5.41, 5.74) is 11.1. The van der Waals surface area contributed by atoms with E-state index in [1.54, 1.807) is 0 Å². The Bertz CT molecular complexity index is 2620. The van der Waals surface area contributed by atoms with Crippen LogP contribution in [0.1, 0.15) is 0 Å². The van der Waals surface area contributed by atoms with Crippen molar-refractivity contribution in [3.05, 3.63) is 181 Å². The molecule has 0 atom stereocenters. The van der Waals surface area contributed by atoms with E-state index in [1.807, 2.05) is 12.3 Å². The van der Waals surface area contributed by atoms with E-state index in [4.69, 9.17) is 4.98 Å². The van der Waals surface area contributed by atoms with Gasteiger partial charge >= 0.3 is 0 Å². The molecule has 0 spiro atoms. The monoisotopic (exact) mass is 704 g/mol. The first-order valence-corrected chi connectivity index (χ1v) is 17.5. The number of para-hydroxylation sites is 4. The second kappa shape index (κ2) is 11.5. The van der Waals surface area contributed by atoms with Crippen molar-refractivity contribution in [1.29, 1.82) is 0 Å². The Kier molecular flexibility index (Phi) is 6.61. The quantitative estimate of drug-likeness (QED) is 0.178. The van der Waals surface area contributed by atoms with Crippen LogP contribution in [0.3, 0.4) is 0 Å². The molecule has 0 fully saturated rings. The highest BCUT2D eigenvalue weighted by molar-refractivity contribution is 9.10. The van der Waals surface area contributed by atoms with Crippen molar-refractivity contribution >= 4 is 87.5 Å². The van der Waals surface area contributed by atoms with Crippen molar-refractivity contribution in [3.8, 4) is 11.4 Å². The molecule has 0 radical (unpaired) electrons. The van der Waals surface area contributed by atoms with E-state index in [0.29, 0.717) is 0 Å². The number of hydrogen-bond acceptors (Lipinski definition) is 2. The fourth-order valence-electron chi connectivity index (χ4n) is 7.63. The molecule has 3 heterocycles. The number of anilines is 3. The smallest absolute Gasteiger partial charge is 0.0953 e. The summed E-state index contributed by atoms with van der Waals surface area (Å²) in [5, 5.41) is 6.09. The Morgan fingerprint density at radius 2 is 0.800 bits per heavy atom. The minimum absolute atomic E-state index is 0.930. The van der Waals surface area contributed by atoms with Gasteiger partial charge in [0.2, 0.25) is 0 Å². The molecule has 0 bridgehead atoms. The van der Waals surface area contributed by atoms with E-state index in [-0.39, 0.29) is 0 Å². The topological polar surface area (TPSA) is 26.0 Å². The zero-order valence-electron chi connectivity index (χ0n) is 26.9. The maximum Gasteiger partial charge on any atom is 0.0953 e. The molecule has 0 aliphatic heterocycles. The number of aromatic nitrogens is 3. The third-order valence-electron chi connectivity index (χ3n) is 9.83. The average Bonchev–Trinajstić information content (AvgIpc) is 3.70. The van der Waals surface area contributed by atoms with Gasteiger partial charge in [-0.25, -0.2) is 0 Å². The number of fused-ring (bicyclic) bond motifs is 7. The number of hydrogen-bond donors (Lipinski definition) is 0. The maximum atomic E-state index is 4.89. The van der Waals surface area contributed by atoms with Gasteiger partial charge in [0.05, 0.1) is 33.3 Å². The molecular formula is C45H29BrN4. The minimum atomic E-state index is 0.930. The van der Waals surface area contributed by atoms with Crippen LogP contribution in [0.5, 0.6) is 0 Å². The highest BCUT2D eigenvalue weighted by Gasteiger charge is 2.19. The van der Waals surface area contributed by atoms with E-state index in [1.165, 1.54) is 43.6 Å². The van der Waals surface area contributed by atoms with Gasteiger partial charge in [-0.1, -0.05) is 94.8 Å². The third-order valence-corrected chi connectivity index (χ3v) is 10.5. The van der Waals surface area contributed by atoms with Crippen molar-refractivity contribution in [1.82, 2.24) is 14.1 Å². The van der Waals surface area contributed by atoms with E-state index in [0.717, 1.165) is 43.8 Å². The number of rotatable bonds is 5. The molecule has 0 saturated carbocycles. The lowest BCUT2D eigenvalue weighted by atomic mass is 10.1. The van der Waals surface area contributed by atoms with Crippen LogP contribution in [0.2, 0.25) is 0 Å². The number of nitrogens with zero attached hydrogens (tertiary/aromatic N) is 4. The molecule has 0 aliphatic rings. The van der Waals surface area contributed by atoms with E-state index in [9.17, 15) is 0 Å². The van der Waals surface area contributed by atoms with Gasteiger partial charge in [-0.2, -0.15) is 0 Å². The molecule has 0 aliphatic carbocycles. The average molecular weight is 706 g/mol. The van der Waals surface area contributed by atoms with Crippen LogP contribution in [-0.2, 0) is 0 Å². The second-order valence-corrected chi connectivity index (χ2v) is 13.4. The highest BCUT2D eigenvalue weighted by Crippen LogP contribution is 2.42. The first kappa shape index (κ1) is 28.8. The maximum absolute atomic E-state index is 4.89. The first-order chi connectivity index (χ1) is 24.7. The van der Waals surface area contributed by atoms with E-state index < -0.39 is 0 Å². The van der Waals surface area contributed by atoms with Gasteiger partial charge in [0.1, 0.15) is 0 Å². The Labute approximate surface area is 297 Å². The summed E-state index contributed by atoms with van der Waals surface area (Å²) in [6.07, 6.45) is 1.87. The summed E-state index contributed by atoms with van der Waals surface area (Å²) in [4.78, 5) is 7.20. The van der Waals surface area contributed by atoms with Gasteiger partial charge in [0, 0.05) is 60.4 Å². The summed E-state index contributed by atoms with van der Waals surface area (Å²) in [7, 11) is 0. The van der Waals surface area contributed by atoms with Crippen molar-refractivity contribution in [2.45, 2.75) is 0 Å². The lowest BCUT2D eigenvalue weighted by Gasteiger charge is -2.27. The molecule has 0 unspecified atom stereocenters. The van der Waals surface area contributed by atoms with Gasteiger partial charge in [0.25, 0.3) is 0 Å². The van der Waals surface area contributed by atoms with Crippen LogP contribution in [0, 0.1) is 0 Å². The highest BCUT2D eigenvalue weighted by atomic mass is 79.9.